The van der Waals surface area contributed by atoms with E-state index in [1.54, 1.807) is 13.4 Å². The molecule has 0 atom stereocenters. The molecule has 0 spiro atoms. The van der Waals surface area contributed by atoms with Gasteiger partial charge in [0, 0.05) is 23.6 Å². The second-order valence-corrected chi connectivity index (χ2v) is 4.41. The maximum atomic E-state index is 5.19. The van der Waals surface area contributed by atoms with Crippen molar-refractivity contribution in [3.63, 3.8) is 0 Å². The third-order valence-corrected chi connectivity index (χ3v) is 3.14. The fourth-order valence-corrected chi connectivity index (χ4v) is 1.85. The number of nitrogens with zero attached hydrogens (tertiary/aromatic N) is 1. The summed E-state index contributed by atoms with van der Waals surface area (Å²) in [6.45, 7) is 1.42. The first-order valence-electron chi connectivity index (χ1n) is 5.22. The number of benzene rings is 1. The largest absolute Gasteiger partial charge is 0.497 e. The quantitative estimate of drug-likeness (QED) is 0.922. The Kier molecular flexibility index (Phi) is 4.17. The summed E-state index contributed by atoms with van der Waals surface area (Å²) >= 11 is 3.51. The number of hydrogen-bond acceptors (Lipinski definition) is 4. The number of methoxy groups -OCH3 is 1. The smallest absolute Gasteiger partial charge is 0.124 e. The Bertz CT molecular complexity index is 471. The topological polar surface area (TPSA) is 47.3 Å². The molecule has 1 aromatic heterocycles. The molecule has 0 aliphatic rings. The van der Waals surface area contributed by atoms with E-state index in [9.17, 15) is 0 Å². The van der Waals surface area contributed by atoms with E-state index in [0.29, 0.717) is 6.54 Å². The van der Waals surface area contributed by atoms with Crippen molar-refractivity contribution >= 4 is 15.9 Å². The van der Waals surface area contributed by atoms with E-state index < -0.39 is 0 Å². The van der Waals surface area contributed by atoms with E-state index in [1.165, 1.54) is 0 Å². The third-order valence-electron chi connectivity index (χ3n) is 2.37. The molecule has 0 aliphatic carbocycles. The number of nitrogens with one attached hydrogen (secondary N) is 1. The molecule has 0 bridgehead atoms. The summed E-state index contributed by atoms with van der Waals surface area (Å²) in [6.07, 6.45) is 1.57. The third kappa shape index (κ3) is 3.31. The molecular weight excluding hydrogens is 284 g/mol. The molecule has 1 heterocycles. The minimum atomic E-state index is 0.681. The van der Waals surface area contributed by atoms with Gasteiger partial charge in [0.15, 0.2) is 0 Å². The van der Waals surface area contributed by atoms with Crippen LogP contribution in [0.5, 0.6) is 5.75 Å². The van der Waals surface area contributed by atoms with Crippen LogP contribution in [-0.4, -0.2) is 12.3 Å². The Hall–Kier alpha value is -1.33. The summed E-state index contributed by atoms with van der Waals surface area (Å²) in [5, 5.41) is 7.12. The number of ether oxygens (including phenoxy) is 1. The van der Waals surface area contributed by atoms with Crippen LogP contribution in [0.2, 0.25) is 0 Å². The van der Waals surface area contributed by atoms with Crippen molar-refractivity contribution < 1.29 is 9.26 Å². The monoisotopic (exact) mass is 296 g/mol. The second-order valence-electron chi connectivity index (χ2n) is 3.55. The number of halogens is 1. The molecule has 5 heteroatoms. The normalized spacial score (nSPS) is 10.5. The molecule has 17 heavy (non-hydrogen) atoms. The second kappa shape index (κ2) is 5.84. The van der Waals surface area contributed by atoms with Gasteiger partial charge in [-0.3, -0.25) is 0 Å². The van der Waals surface area contributed by atoms with Crippen molar-refractivity contribution in [1.29, 1.82) is 0 Å². The van der Waals surface area contributed by atoms with Gasteiger partial charge >= 0.3 is 0 Å². The fourth-order valence-electron chi connectivity index (χ4n) is 1.47. The van der Waals surface area contributed by atoms with Crippen LogP contribution in [0.3, 0.4) is 0 Å². The van der Waals surface area contributed by atoms with Crippen LogP contribution in [0.25, 0.3) is 0 Å². The lowest BCUT2D eigenvalue weighted by Gasteiger charge is -2.07. The Labute approximate surface area is 108 Å². The van der Waals surface area contributed by atoms with Gasteiger partial charge in [-0.1, -0.05) is 21.1 Å². The van der Waals surface area contributed by atoms with Gasteiger partial charge in [0.1, 0.15) is 12.0 Å². The predicted molar refractivity (Wildman–Crippen MR) is 67.7 cm³/mol. The number of aromatic nitrogens is 1. The zero-order valence-corrected chi connectivity index (χ0v) is 11.0. The van der Waals surface area contributed by atoms with Crippen molar-refractivity contribution in [2.45, 2.75) is 13.1 Å². The van der Waals surface area contributed by atoms with Gasteiger partial charge in [-0.15, -0.1) is 0 Å². The van der Waals surface area contributed by atoms with Crippen LogP contribution in [-0.2, 0) is 13.1 Å². The maximum absolute atomic E-state index is 5.19. The lowest BCUT2D eigenvalue weighted by Crippen LogP contribution is -2.13. The highest BCUT2D eigenvalue weighted by Crippen LogP contribution is 2.22. The molecule has 0 saturated heterocycles. The van der Waals surface area contributed by atoms with E-state index in [2.05, 4.69) is 26.4 Å². The average molecular weight is 297 g/mol. The van der Waals surface area contributed by atoms with Gasteiger partial charge in [-0.25, -0.2) is 0 Å². The van der Waals surface area contributed by atoms with Crippen LogP contribution < -0.4 is 10.1 Å². The minimum absolute atomic E-state index is 0.681. The summed E-state index contributed by atoms with van der Waals surface area (Å²) in [7, 11) is 1.66. The summed E-state index contributed by atoms with van der Waals surface area (Å²) in [5.41, 5.74) is 2.04. The molecule has 0 fully saturated rings. The van der Waals surface area contributed by atoms with Gasteiger partial charge in [-0.05, 0) is 23.8 Å². The Morgan fingerprint density at radius 2 is 2.24 bits per heavy atom. The Morgan fingerprint density at radius 3 is 2.94 bits per heavy atom. The van der Waals surface area contributed by atoms with Gasteiger partial charge in [0.25, 0.3) is 0 Å². The molecule has 0 unspecified atom stereocenters. The molecule has 0 radical (unpaired) electrons. The van der Waals surface area contributed by atoms with Crippen LogP contribution in [0.1, 0.15) is 11.3 Å². The first-order chi connectivity index (χ1) is 8.29. The molecule has 1 aromatic carbocycles. The maximum Gasteiger partial charge on any atom is 0.124 e. The summed E-state index contributed by atoms with van der Waals surface area (Å²) in [4.78, 5) is 0. The zero-order valence-electron chi connectivity index (χ0n) is 9.44. The lowest BCUT2D eigenvalue weighted by atomic mass is 10.2. The van der Waals surface area contributed by atoms with E-state index >= 15 is 0 Å². The minimum Gasteiger partial charge on any atom is -0.497 e. The van der Waals surface area contributed by atoms with Crippen molar-refractivity contribution in [3.8, 4) is 5.75 Å². The van der Waals surface area contributed by atoms with E-state index in [4.69, 9.17) is 9.26 Å². The van der Waals surface area contributed by atoms with Gasteiger partial charge in [-0.2, -0.15) is 0 Å². The standard InChI is InChI=1S/C12H13BrN2O2/c1-16-11-2-3-12(13)9(6-11)7-14-8-10-4-5-17-15-10/h2-6,14H,7-8H2,1H3. The Morgan fingerprint density at radius 1 is 1.35 bits per heavy atom. The zero-order chi connectivity index (χ0) is 12.1. The predicted octanol–water partition coefficient (Wildman–Crippen LogP) is 2.74. The highest BCUT2D eigenvalue weighted by atomic mass is 79.9. The van der Waals surface area contributed by atoms with E-state index in [-0.39, 0.29) is 0 Å². The molecule has 90 valence electrons. The van der Waals surface area contributed by atoms with Gasteiger partial charge in [0.2, 0.25) is 0 Å². The lowest BCUT2D eigenvalue weighted by molar-refractivity contribution is 0.408. The van der Waals surface area contributed by atoms with Crippen molar-refractivity contribution in [2.75, 3.05) is 7.11 Å². The van der Waals surface area contributed by atoms with Crippen LogP contribution in [0.4, 0.5) is 0 Å². The number of rotatable bonds is 5. The van der Waals surface area contributed by atoms with Crippen molar-refractivity contribution in [3.05, 3.63) is 46.3 Å². The van der Waals surface area contributed by atoms with Crippen LogP contribution >= 0.6 is 15.9 Å². The molecule has 4 nitrogen and oxygen atoms in total. The molecule has 2 rings (SSSR count). The van der Waals surface area contributed by atoms with Crippen LogP contribution in [0.15, 0.2) is 39.5 Å². The molecule has 2 aromatic rings. The molecular formula is C12H13BrN2O2. The summed E-state index contributed by atoms with van der Waals surface area (Å²) in [5.74, 6) is 0.853. The van der Waals surface area contributed by atoms with Gasteiger partial charge in [0.05, 0.1) is 12.8 Å². The highest BCUT2D eigenvalue weighted by molar-refractivity contribution is 9.10. The first kappa shape index (κ1) is 12.1. The Balaban J connectivity index is 1.94. The number of hydrogen-bond donors (Lipinski definition) is 1. The summed E-state index contributed by atoms with van der Waals surface area (Å²) < 4.78 is 11.0. The summed E-state index contributed by atoms with van der Waals surface area (Å²) in [6, 6.07) is 7.74. The SMILES string of the molecule is COc1ccc(Br)c(CNCc2ccon2)c1. The van der Waals surface area contributed by atoms with E-state index in [0.717, 1.165) is 28.0 Å². The molecule has 0 amide bonds. The van der Waals surface area contributed by atoms with Gasteiger partial charge < -0.3 is 14.6 Å². The average Bonchev–Trinajstić information content (AvgIpc) is 2.84. The molecule has 0 saturated carbocycles. The van der Waals surface area contributed by atoms with E-state index in [1.807, 2.05) is 24.3 Å². The highest BCUT2D eigenvalue weighted by Gasteiger charge is 2.02. The first-order valence-corrected chi connectivity index (χ1v) is 6.01. The van der Waals surface area contributed by atoms with Crippen LogP contribution in [0, 0.1) is 0 Å². The fraction of sp³-hybridized carbons (Fsp3) is 0.250. The molecule has 0 aliphatic heterocycles. The van der Waals surface area contributed by atoms with Crippen molar-refractivity contribution in [2.24, 2.45) is 0 Å². The van der Waals surface area contributed by atoms with Crippen molar-refractivity contribution in [1.82, 2.24) is 10.5 Å². The molecule has 1 N–H and O–H groups in total.